The summed E-state index contributed by atoms with van der Waals surface area (Å²) in [7, 11) is 0. The van der Waals surface area contributed by atoms with Crippen molar-refractivity contribution < 1.29 is 9.47 Å². The maximum absolute atomic E-state index is 6.09. The van der Waals surface area contributed by atoms with Crippen molar-refractivity contribution in [1.82, 2.24) is 0 Å². The van der Waals surface area contributed by atoms with Crippen LogP contribution in [0.15, 0.2) is 72.8 Å². The Morgan fingerprint density at radius 1 is 0.846 bits per heavy atom. The minimum Gasteiger partial charge on any atom is -0.490 e. The minimum atomic E-state index is 0.488. The Bertz CT molecular complexity index is 837. The van der Waals surface area contributed by atoms with Gasteiger partial charge in [0.15, 0.2) is 0 Å². The summed E-state index contributed by atoms with van der Waals surface area (Å²) >= 11 is 6.09. The largest absolute Gasteiger partial charge is 0.490 e. The quantitative estimate of drug-likeness (QED) is 0.516. The predicted molar refractivity (Wildman–Crippen MR) is 107 cm³/mol. The normalized spacial score (nSPS) is 10.4. The molecule has 0 unspecified atom stereocenters. The number of rotatable bonds is 8. The molecule has 26 heavy (non-hydrogen) atoms. The van der Waals surface area contributed by atoms with Gasteiger partial charge in [0.2, 0.25) is 0 Å². The number of ether oxygens (including phenoxy) is 2. The maximum atomic E-state index is 6.09. The Kier molecular flexibility index (Phi) is 6.39. The monoisotopic (exact) mass is 367 g/mol. The third-order valence-corrected chi connectivity index (χ3v) is 4.23. The van der Waals surface area contributed by atoms with Gasteiger partial charge in [0.1, 0.15) is 24.7 Å². The van der Waals surface area contributed by atoms with Gasteiger partial charge in [0, 0.05) is 22.8 Å². The van der Waals surface area contributed by atoms with E-state index in [1.165, 1.54) is 0 Å². The first-order valence-electron chi connectivity index (χ1n) is 8.61. The zero-order valence-corrected chi connectivity index (χ0v) is 15.5. The number of aryl methyl sites for hydroxylation is 1. The van der Waals surface area contributed by atoms with E-state index in [1.54, 1.807) is 0 Å². The highest BCUT2D eigenvalue weighted by Gasteiger charge is 2.05. The summed E-state index contributed by atoms with van der Waals surface area (Å²) in [6.07, 6.45) is 0. The van der Waals surface area contributed by atoms with Gasteiger partial charge in [-0.2, -0.15) is 0 Å². The summed E-state index contributed by atoms with van der Waals surface area (Å²) in [5, 5.41) is 4.15. The predicted octanol–water partition coefficient (Wildman–Crippen LogP) is 5.72. The van der Waals surface area contributed by atoms with Crippen LogP contribution in [-0.4, -0.2) is 13.2 Å². The van der Waals surface area contributed by atoms with E-state index in [0.29, 0.717) is 19.8 Å². The molecule has 0 fully saturated rings. The van der Waals surface area contributed by atoms with Gasteiger partial charge in [-0.15, -0.1) is 0 Å². The van der Waals surface area contributed by atoms with Gasteiger partial charge in [0.25, 0.3) is 0 Å². The zero-order chi connectivity index (χ0) is 18.2. The Balaban J connectivity index is 1.55. The van der Waals surface area contributed by atoms with Crippen LogP contribution in [0.1, 0.15) is 11.1 Å². The molecular weight excluding hydrogens is 346 g/mol. The number of nitrogens with one attached hydrogen (secondary N) is 1. The summed E-state index contributed by atoms with van der Waals surface area (Å²) in [5.74, 6) is 1.71. The van der Waals surface area contributed by atoms with Crippen molar-refractivity contribution in [2.45, 2.75) is 13.5 Å². The molecule has 3 rings (SSSR count). The molecule has 4 heteroatoms. The lowest BCUT2D eigenvalue weighted by molar-refractivity contribution is 0.216. The standard InChI is InChI=1S/C22H22ClNO2/c1-17-11-12-19(23)15-21(17)24-16-18-7-5-6-10-22(18)26-14-13-25-20-8-3-2-4-9-20/h2-12,15,24H,13-14,16H2,1H3. The topological polar surface area (TPSA) is 30.5 Å². The molecular formula is C22H22ClNO2. The third-order valence-electron chi connectivity index (χ3n) is 3.99. The van der Waals surface area contributed by atoms with Crippen LogP contribution in [0.5, 0.6) is 11.5 Å². The lowest BCUT2D eigenvalue weighted by Gasteiger charge is -2.14. The Morgan fingerprint density at radius 3 is 2.42 bits per heavy atom. The van der Waals surface area contributed by atoms with Gasteiger partial charge >= 0.3 is 0 Å². The fourth-order valence-electron chi connectivity index (χ4n) is 2.59. The van der Waals surface area contributed by atoms with E-state index < -0.39 is 0 Å². The first-order chi connectivity index (χ1) is 12.7. The van der Waals surface area contributed by atoms with Crippen LogP contribution in [0.4, 0.5) is 5.69 Å². The maximum Gasteiger partial charge on any atom is 0.124 e. The van der Waals surface area contributed by atoms with Crippen molar-refractivity contribution in [3.63, 3.8) is 0 Å². The van der Waals surface area contributed by atoms with Gasteiger partial charge in [-0.3, -0.25) is 0 Å². The summed E-state index contributed by atoms with van der Waals surface area (Å²) in [5.41, 5.74) is 3.27. The fraction of sp³-hybridized carbons (Fsp3) is 0.182. The van der Waals surface area contributed by atoms with Crippen LogP contribution in [0.2, 0.25) is 5.02 Å². The highest BCUT2D eigenvalue weighted by molar-refractivity contribution is 6.30. The van der Waals surface area contributed by atoms with Crippen molar-refractivity contribution in [2.75, 3.05) is 18.5 Å². The lowest BCUT2D eigenvalue weighted by atomic mass is 10.1. The molecule has 1 N–H and O–H groups in total. The smallest absolute Gasteiger partial charge is 0.124 e. The van der Waals surface area contributed by atoms with Crippen LogP contribution < -0.4 is 14.8 Å². The number of anilines is 1. The molecule has 3 aromatic rings. The van der Waals surface area contributed by atoms with Crippen LogP contribution in [0.3, 0.4) is 0 Å². The molecule has 134 valence electrons. The van der Waals surface area contributed by atoms with Crippen LogP contribution in [0, 0.1) is 6.92 Å². The number of hydrogen-bond acceptors (Lipinski definition) is 3. The summed E-state index contributed by atoms with van der Waals surface area (Å²) < 4.78 is 11.6. The molecule has 0 atom stereocenters. The Labute approximate surface area is 159 Å². The van der Waals surface area contributed by atoms with Crippen LogP contribution in [0.25, 0.3) is 0 Å². The molecule has 0 amide bonds. The molecule has 3 nitrogen and oxygen atoms in total. The van der Waals surface area contributed by atoms with E-state index in [0.717, 1.165) is 33.3 Å². The molecule has 3 aromatic carbocycles. The van der Waals surface area contributed by atoms with Crippen molar-refractivity contribution in [2.24, 2.45) is 0 Å². The average Bonchev–Trinajstić information content (AvgIpc) is 2.67. The Hall–Kier alpha value is -2.65. The van der Waals surface area contributed by atoms with Gasteiger partial charge in [-0.25, -0.2) is 0 Å². The van der Waals surface area contributed by atoms with E-state index in [2.05, 4.69) is 18.3 Å². The molecule has 0 spiro atoms. The van der Waals surface area contributed by atoms with Crippen molar-refractivity contribution in [3.05, 3.63) is 88.9 Å². The number of para-hydroxylation sites is 2. The van der Waals surface area contributed by atoms with Gasteiger partial charge in [-0.1, -0.05) is 54.1 Å². The van der Waals surface area contributed by atoms with E-state index in [4.69, 9.17) is 21.1 Å². The second-order valence-corrected chi connectivity index (χ2v) is 6.37. The van der Waals surface area contributed by atoms with Crippen molar-refractivity contribution in [1.29, 1.82) is 0 Å². The fourth-order valence-corrected chi connectivity index (χ4v) is 2.77. The molecule has 0 heterocycles. The third kappa shape index (κ3) is 5.17. The number of benzene rings is 3. The van der Waals surface area contributed by atoms with E-state index in [1.807, 2.05) is 66.7 Å². The molecule has 0 radical (unpaired) electrons. The molecule has 0 aliphatic rings. The highest BCUT2D eigenvalue weighted by Crippen LogP contribution is 2.23. The second-order valence-electron chi connectivity index (χ2n) is 5.93. The van der Waals surface area contributed by atoms with Crippen LogP contribution in [-0.2, 0) is 6.54 Å². The van der Waals surface area contributed by atoms with Crippen LogP contribution >= 0.6 is 11.6 Å². The zero-order valence-electron chi connectivity index (χ0n) is 14.7. The van der Waals surface area contributed by atoms with Gasteiger partial charge < -0.3 is 14.8 Å². The molecule has 0 saturated heterocycles. The Morgan fingerprint density at radius 2 is 1.58 bits per heavy atom. The molecule has 0 aromatic heterocycles. The molecule has 0 aliphatic carbocycles. The minimum absolute atomic E-state index is 0.488. The van der Waals surface area contributed by atoms with E-state index in [-0.39, 0.29) is 0 Å². The SMILES string of the molecule is Cc1ccc(Cl)cc1NCc1ccccc1OCCOc1ccccc1. The van der Waals surface area contributed by atoms with Crippen molar-refractivity contribution >= 4 is 17.3 Å². The lowest BCUT2D eigenvalue weighted by Crippen LogP contribution is -2.11. The summed E-state index contributed by atoms with van der Waals surface area (Å²) in [6.45, 7) is 3.71. The second kappa shape index (κ2) is 9.16. The molecule has 0 saturated carbocycles. The van der Waals surface area contributed by atoms with E-state index in [9.17, 15) is 0 Å². The first kappa shape index (κ1) is 18.2. The number of halogens is 1. The number of hydrogen-bond donors (Lipinski definition) is 1. The highest BCUT2D eigenvalue weighted by atomic mass is 35.5. The average molecular weight is 368 g/mol. The van der Waals surface area contributed by atoms with Gasteiger partial charge in [-0.05, 0) is 42.8 Å². The van der Waals surface area contributed by atoms with E-state index >= 15 is 0 Å². The first-order valence-corrected chi connectivity index (χ1v) is 8.99. The molecule has 0 bridgehead atoms. The summed E-state index contributed by atoms with van der Waals surface area (Å²) in [4.78, 5) is 0. The molecule has 0 aliphatic heterocycles. The van der Waals surface area contributed by atoms with Crippen molar-refractivity contribution in [3.8, 4) is 11.5 Å². The summed E-state index contributed by atoms with van der Waals surface area (Å²) in [6, 6.07) is 23.6. The van der Waals surface area contributed by atoms with Gasteiger partial charge in [0.05, 0.1) is 0 Å².